The highest BCUT2D eigenvalue weighted by atomic mass is 19.4. The number of alkyl halides is 3. The van der Waals surface area contributed by atoms with Gasteiger partial charge in [0, 0.05) is 38.0 Å². The number of hydrogen-bond donors (Lipinski definition) is 1. The van der Waals surface area contributed by atoms with Crippen LogP contribution in [-0.2, 0) is 11.0 Å². The molecule has 200 valence electrons. The molecule has 3 aliphatic rings. The smallest absolute Gasteiger partial charge is 0.368 e. The van der Waals surface area contributed by atoms with Crippen LogP contribution < -0.4 is 5.73 Å². The van der Waals surface area contributed by atoms with Crippen molar-refractivity contribution >= 4 is 11.8 Å². The largest absolute Gasteiger partial charge is 0.416 e. The van der Waals surface area contributed by atoms with Crippen molar-refractivity contribution in [3.8, 4) is 0 Å². The minimum absolute atomic E-state index is 0.127. The molecule has 2 N–H and O–H groups in total. The first-order chi connectivity index (χ1) is 17.5. The number of halogens is 3. The normalized spacial score (nSPS) is 22.0. The van der Waals surface area contributed by atoms with Crippen LogP contribution in [0.4, 0.5) is 13.2 Å². The lowest BCUT2D eigenvalue weighted by molar-refractivity contribution is -0.138. The Bertz CT molecular complexity index is 1180. The molecule has 2 amide bonds. The average Bonchev–Trinajstić information content (AvgIpc) is 3.41. The first-order valence-corrected chi connectivity index (χ1v) is 13.1. The summed E-state index contributed by atoms with van der Waals surface area (Å²) in [6.45, 7) is 5.78. The Morgan fingerprint density at radius 1 is 0.973 bits per heavy atom. The molecule has 1 atom stereocenters. The predicted molar refractivity (Wildman–Crippen MR) is 132 cm³/mol. The van der Waals surface area contributed by atoms with Crippen LogP contribution in [0, 0.1) is 0 Å². The Hall–Kier alpha value is -2.88. The molecule has 1 unspecified atom stereocenters. The molecule has 0 radical (unpaired) electrons. The molecule has 2 saturated heterocycles. The monoisotopic (exact) mass is 517 g/mol. The fourth-order valence-corrected chi connectivity index (χ4v) is 5.90. The summed E-state index contributed by atoms with van der Waals surface area (Å²) in [4.78, 5) is 29.3. The van der Waals surface area contributed by atoms with Crippen molar-refractivity contribution in [1.82, 2.24) is 19.6 Å². The van der Waals surface area contributed by atoms with Gasteiger partial charge in [0.25, 0.3) is 5.91 Å². The van der Waals surface area contributed by atoms with E-state index in [0.29, 0.717) is 31.6 Å². The lowest BCUT2D eigenvalue weighted by Crippen LogP contribution is -2.55. The van der Waals surface area contributed by atoms with Crippen molar-refractivity contribution in [2.24, 2.45) is 5.73 Å². The Labute approximate surface area is 214 Å². The molecule has 0 bridgehead atoms. The van der Waals surface area contributed by atoms with Crippen LogP contribution in [0.15, 0.2) is 30.5 Å². The van der Waals surface area contributed by atoms with Gasteiger partial charge >= 0.3 is 6.18 Å². The molecule has 1 aromatic heterocycles. The lowest BCUT2D eigenvalue weighted by atomic mass is 9.93. The van der Waals surface area contributed by atoms with Gasteiger partial charge in [-0.25, -0.2) is 0 Å². The molecule has 1 saturated carbocycles. The van der Waals surface area contributed by atoms with Crippen molar-refractivity contribution in [2.75, 3.05) is 26.2 Å². The number of nitrogens with zero attached hydrogens (tertiary/aromatic N) is 4. The molecular formula is C27H34F3N5O2. The van der Waals surface area contributed by atoms with Crippen molar-refractivity contribution in [2.45, 2.75) is 75.5 Å². The molecule has 3 fully saturated rings. The minimum Gasteiger partial charge on any atom is -0.368 e. The molecule has 0 spiro atoms. The molecule has 5 rings (SSSR count). The van der Waals surface area contributed by atoms with E-state index in [1.54, 1.807) is 17.2 Å². The number of rotatable bonds is 6. The van der Waals surface area contributed by atoms with Gasteiger partial charge in [0.15, 0.2) is 0 Å². The predicted octanol–water partition coefficient (Wildman–Crippen LogP) is 4.31. The molecule has 7 nitrogen and oxygen atoms in total. The number of hydrogen-bond acceptors (Lipinski definition) is 4. The number of likely N-dealkylation sites (tertiary alicyclic amines) is 2. The van der Waals surface area contributed by atoms with Crippen molar-refractivity contribution < 1.29 is 22.8 Å². The molecule has 3 heterocycles. The number of benzene rings is 1. The molecule has 10 heteroatoms. The average molecular weight is 518 g/mol. The third kappa shape index (κ3) is 4.87. The standard InChI is InChI=1S/C27H34F3N5O2/c1-26(2,25(31)37)34-13-10-19(11-14-34)35-23(17-7-8-17)21(15-32-35)24(36)33-12-9-18(16-33)20-5-3-4-6-22(20)27(28,29)30/h3-6,15,17-19H,7-14,16H2,1-2H3,(H2,31,37). The number of amides is 2. The zero-order valence-corrected chi connectivity index (χ0v) is 21.3. The molecule has 1 aliphatic carbocycles. The number of aromatic nitrogens is 2. The molecular weight excluding hydrogens is 483 g/mol. The second kappa shape index (κ2) is 9.45. The van der Waals surface area contributed by atoms with Crippen LogP contribution in [0.1, 0.15) is 91.0 Å². The topological polar surface area (TPSA) is 84.5 Å². The van der Waals surface area contributed by atoms with Gasteiger partial charge in [-0.1, -0.05) is 18.2 Å². The molecule has 2 aliphatic heterocycles. The van der Waals surface area contributed by atoms with E-state index in [2.05, 4.69) is 10.00 Å². The maximum atomic E-state index is 13.6. The SMILES string of the molecule is CC(C)(C(N)=O)N1CCC(n2ncc(C(=O)N3CCC(c4ccccc4C(F)(F)F)C3)c2C2CC2)CC1. The van der Waals surface area contributed by atoms with Gasteiger partial charge in [-0.05, 0) is 57.6 Å². The summed E-state index contributed by atoms with van der Waals surface area (Å²) in [6.07, 6.45) is 1.32. The van der Waals surface area contributed by atoms with E-state index in [0.717, 1.165) is 37.4 Å². The Morgan fingerprint density at radius 3 is 2.27 bits per heavy atom. The van der Waals surface area contributed by atoms with Crippen LogP contribution in [0.25, 0.3) is 0 Å². The Balaban J connectivity index is 1.32. The first-order valence-electron chi connectivity index (χ1n) is 13.1. The maximum Gasteiger partial charge on any atom is 0.416 e. The lowest BCUT2D eigenvalue weighted by Gasteiger charge is -2.41. The fourth-order valence-electron chi connectivity index (χ4n) is 5.90. The summed E-state index contributed by atoms with van der Waals surface area (Å²) in [7, 11) is 0. The van der Waals surface area contributed by atoms with E-state index in [1.165, 1.54) is 12.1 Å². The van der Waals surface area contributed by atoms with Gasteiger partial charge in [-0.3, -0.25) is 19.2 Å². The van der Waals surface area contributed by atoms with Crippen LogP contribution in [0.5, 0.6) is 0 Å². The third-order valence-corrected chi connectivity index (χ3v) is 8.41. The van der Waals surface area contributed by atoms with Gasteiger partial charge < -0.3 is 10.6 Å². The summed E-state index contributed by atoms with van der Waals surface area (Å²) in [5.41, 5.74) is 6.05. The molecule has 37 heavy (non-hydrogen) atoms. The van der Waals surface area contributed by atoms with Gasteiger partial charge in [-0.2, -0.15) is 18.3 Å². The summed E-state index contributed by atoms with van der Waals surface area (Å²) < 4.78 is 42.7. The van der Waals surface area contributed by atoms with Crippen LogP contribution in [0.2, 0.25) is 0 Å². The van der Waals surface area contributed by atoms with E-state index in [9.17, 15) is 22.8 Å². The Morgan fingerprint density at radius 2 is 1.65 bits per heavy atom. The van der Waals surface area contributed by atoms with Crippen LogP contribution in [-0.4, -0.2) is 63.1 Å². The quantitative estimate of drug-likeness (QED) is 0.619. The summed E-state index contributed by atoms with van der Waals surface area (Å²) in [6, 6.07) is 5.80. The Kier molecular flexibility index (Phi) is 6.58. The number of carbonyl (C=O) groups excluding carboxylic acids is 2. The maximum absolute atomic E-state index is 13.6. The van der Waals surface area contributed by atoms with E-state index in [-0.39, 0.29) is 41.8 Å². The number of carbonyl (C=O) groups is 2. The highest BCUT2D eigenvalue weighted by molar-refractivity contribution is 5.95. The van der Waals surface area contributed by atoms with Gasteiger partial charge in [0.05, 0.1) is 34.6 Å². The molecule has 1 aromatic carbocycles. The minimum atomic E-state index is -4.42. The van der Waals surface area contributed by atoms with Crippen LogP contribution >= 0.6 is 0 Å². The number of piperidine rings is 1. The zero-order chi connectivity index (χ0) is 26.5. The summed E-state index contributed by atoms with van der Waals surface area (Å²) >= 11 is 0. The molecule has 2 aromatic rings. The highest BCUT2D eigenvalue weighted by Crippen LogP contribution is 2.44. The summed E-state index contributed by atoms with van der Waals surface area (Å²) in [5.74, 6) is -0.559. The van der Waals surface area contributed by atoms with E-state index >= 15 is 0 Å². The number of nitrogens with two attached hydrogens (primary N) is 1. The van der Waals surface area contributed by atoms with Gasteiger partial charge in [-0.15, -0.1) is 0 Å². The second-order valence-corrected chi connectivity index (χ2v) is 11.1. The third-order valence-electron chi connectivity index (χ3n) is 8.41. The van der Waals surface area contributed by atoms with E-state index in [1.807, 2.05) is 18.5 Å². The first kappa shape index (κ1) is 25.8. The highest BCUT2D eigenvalue weighted by Gasteiger charge is 2.41. The fraction of sp³-hybridized carbons (Fsp3) is 0.593. The van der Waals surface area contributed by atoms with Gasteiger partial charge in [0.1, 0.15) is 0 Å². The summed E-state index contributed by atoms with van der Waals surface area (Å²) in [5, 5.41) is 4.65. The zero-order valence-electron chi connectivity index (χ0n) is 21.3. The van der Waals surface area contributed by atoms with E-state index in [4.69, 9.17) is 5.73 Å². The van der Waals surface area contributed by atoms with Crippen molar-refractivity contribution in [1.29, 1.82) is 0 Å². The van der Waals surface area contributed by atoms with Crippen molar-refractivity contribution in [3.63, 3.8) is 0 Å². The number of primary amides is 1. The van der Waals surface area contributed by atoms with Gasteiger partial charge in [0.2, 0.25) is 5.91 Å². The van der Waals surface area contributed by atoms with E-state index < -0.39 is 17.3 Å². The van der Waals surface area contributed by atoms with Crippen molar-refractivity contribution in [3.05, 3.63) is 52.8 Å². The van der Waals surface area contributed by atoms with Crippen LogP contribution in [0.3, 0.4) is 0 Å². The second-order valence-electron chi connectivity index (χ2n) is 11.1.